The van der Waals surface area contributed by atoms with Gasteiger partial charge in [-0.1, -0.05) is 134 Å². The lowest BCUT2D eigenvalue weighted by atomic mass is 10.0. The molecule has 0 radical (unpaired) electrons. The molecule has 0 fully saturated rings. The van der Waals surface area contributed by atoms with Crippen LogP contribution in [0.3, 0.4) is 0 Å². The first-order chi connectivity index (χ1) is 14.9. The summed E-state index contributed by atoms with van der Waals surface area (Å²) in [5, 5.41) is 0. The third-order valence-corrected chi connectivity index (χ3v) is 6.20. The van der Waals surface area contributed by atoms with E-state index >= 15 is 0 Å². The van der Waals surface area contributed by atoms with Gasteiger partial charge < -0.3 is 11.1 Å². The second-order valence-corrected chi connectivity index (χ2v) is 9.07. The van der Waals surface area contributed by atoms with Gasteiger partial charge in [0, 0.05) is 18.3 Å². The van der Waals surface area contributed by atoms with Crippen molar-refractivity contribution in [3.8, 4) is 0 Å². The van der Waals surface area contributed by atoms with Gasteiger partial charge in [-0.3, -0.25) is 0 Å². The molecule has 2 aromatic rings. The maximum atomic E-state index is 4.55. The zero-order valence-corrected chi connectivity index (χ0v) is 20.3. The molecule has 3 heteroatoms. The second-order valence-electron chi connectivity index (χ2n) is 9.07. The smallest absolute Gasteiger partial charge is 0.110 e. The standard InChI is InChI=1S/C28H46N2.H3N/c1-2-3-4-5-6-7-8-9-10-11-12-13-14-15-16-20-23-27-25-29-28(30-27)24-26-21-18-17-19-22-26;/h17-19,21-22,25H,2-16,20,23-24H2,1H3,(H,29,30);1H3. The van der Waals surface area contributed by atoms with Crippen LogP contribution >= 0.6 is 0 Å². The number of hydrogen-bond donors (Lipinski definition) is 2. The summed E-state index contributed by atoms with van der Waals surface area (Å²) < 4.78 is 0. The van der Waals surface area contributed by atoms with E-state index in [0.717, 1.165) is 18.7 Å². The van der Waals surface area contributed by atoms with Crippen molar-refractivity contribution in [1.29, 1.82) is 0 Å². The average molecular weight is 428 g/mol. The molecule has 176 valence electrons. The van der Waals surface area contributed by atoms with E-state index in [1.54, 1.807) is 0 Å². The number of aromatic nitrogens is 2. The SMILES string of the molecule is CCCCCCCCCCCCCCCCCCc1cnc(Cc2ccccc2)[nH]1.N. The Morgan fingerprint density at radius 2 is 1.13 bits per heavy atom. The molecule has 1 heterocycles. The van der Waals surface area contributed by atoms with E-state index in [1.165, 1.54) is 114 Å². The van der Waals surface area contributed by atoms with Gasteiger partial charge in [-0.2, -0.15) is 0 Å². The van der Waals surface area contributed by atoms with E-state index < -0.39 is 0 Å². The fourth-order valence-electron chi connectivity index (χ4n) is 4.28. The van der Waals surface area contributed by atoms with Crippen LogP contribution in [-0.4, -0.2) is 9.97 Å². The quantitative estimate of drug-likeness (QED) is 0.220. The van der Waals surface area contributed by atoms with Crippen molar-refractivity contribution in [1.82, 2.24) is 16.1 Å². The average Bonchev–Trinajstić information content (AvgIpc) is 3.21. The van der Waals surface area contributed by atoms with Gasteiger partial charge in [-0.25, -0.2) is 4.98 Å². The Balaban J connectivity index is 0.00000480. The summed E-state index contributed by atoms with van der Waals surface area (Å²) in [6, 6.07) is 10.6. The second kappa shape index (κ2) is 19.1. The van der Waals surface area contributed by atoms with E-state index in [9.17, 15) is 0 Å². The predicted molar refractivity (Wildman–Crippen MR) is 136 cm³/mol. The van der Waals surface area contributed by atoms with Crippen LogP contribution in [0.15, 0.2) is 36.5 Å². The molecule has 2 rings (SSSR count). The number of nitrogens with one attached hydrogen (secondary N) is 1. The highest BCUT2D eigenvalue weighted by Crippen LogP contribution is 2.14. The molecule has 0 aliphatic carbocycles. The molecule has 4 N–H and O–H groups in total. The molecule has 3 nitrogen and oxygen atoms in total. The normalized spacial score (nSPS) is 10.9. The Morgan fingerprint density at radius 3 is 1.65 bits per heavy atom. The summed E-state index contributed by atoms with van der Waals surface area (Å²) >= 11 is 0. The Bertz CT molecular complexity index is 620. The minimum atomic E-state index is 0. The van der Waals surface area contributed by atoms with Crippen molar-refractivity contribution in [3.05, 3.63) is 53.6 Å². The summed E-state index contributed by atoms with van der Waals surface area (Å²) in [5.41, 5.74) is 2.62. The van der Waals surface area contributed by atoms with Crippen LogP contribution in [0.4, 0.5) is 0 Å². The summed E-state index contributed by atoms with van der Waals surface area (Å²) in [6.07, 6.45) is 26.9. The summed E-state index contributed by atoms with van der Waals surface area (Å²) in [5.74, 6) is 1.09. The molecule has 1 aromatic heterocycles. The van der Waals surface area contributed by atoms with Crippen molar-refractivity contribution in [2.75, 3.05) is 0 Å². The van der Waals surface area contributed by atoms with E-state index in [0.29, 0.717) is 0 Å². The maximum Gasteiger partial charge on any atom is 0.110 e. The Morgan fingerprint density at radius 1 is 0.645 bits per heavy atom. The molecule has 0 amide bonds. The van der Waals surface area contributed by atoms with Crippen LogP contribution in [-0.2, 0) is 12.8 Å². The van der Waals surface area contributed by atoms with Crippen molar-refractivity contribution in [3.63, 3.8) is 0 Å². The molecular formula is C28H49N3. The summed E-state index contributed by atoms with van der Waals surface area (Å²) in [4.78, 5) is 8.05. The van der Waals surface area contributed by atoms with Crippen molar-refractivity contribution >= 4 is 0 Å². The predicted octanol–water partition coefficient (Wildman–Crippen LogP) is 8.97. The van der Waals surface area contributed by atoms with Crippen molar-refractivity contribution < 1.29 is 0 Å². The summed E-state index contributed by atoms with van der Waals surface area (Å²) in [6.45, 7) is 2.30. The van der Waals surface area contributed by atoms with E-state index in [4.69, 9.17) is 0 Å². The first-order valence-corrected chi connectivity index (χ1v) is 12.9. The Labute approximate surface area is 192 Å². The third kappa shape index (κ3) is 14.1. The molecule has 0 aliphatic rings. The molecule has 1 aromatic carbocycles. The lowest BCUT2D eigenvalue weighted by Gasteiger charge is -2.03. The number of aryl methyl sites for hydroxylation is 1. The molecule has 0 unspecified atom stereocenters. The van der Waals surface area contributed by atoms with Crippen molar-refractivity contribution in [2.24, 2.45) is 0 Å². The summed E-state index contributed by atoms with van der Waals surface area (Å²) in [7, 11) is 0. The fourth-order valence-corrected chi connectivity index (χ4v) is 4.28. The van der Waals surface area contributed by atoms with Crippen LogP contribution in [0.5, 0.6) is 0 Å². The van der Waals surface area contributed by atoms with E-state index in [2.05, 4.69) is 47.2 Å². The number of rotatable bonds is 19. The molecule has 31 heavy (non-hydrogen) atoms. The molecule has 0 saturated carbocycles. The van der Waals surface area contributed by atoms with Gasteiger partial charge in [0.05, 0.1) is 0 Å². The minimum absolute atomic E-state index is 0. The van der Waals surface area contributed by atoms with Gasteiger partial charge in [-0.15, -0.1) is 0 Å². The van der Waals surface area contributed by atoms with Gasteiger partial charge in [0.1, 0.15) is 5.82 Å². The van der Waals surface area contributed by atoms with E-state index in [1.807, 2.05) is 6.20 Å². The maximum absolute atomic E-state index is 4.55. The number of imidazole rings is 1. The van der Waals surface area contributed by atoms with Gasteiger partial charge in [0.15, 0.2) is 0 Å². The molecule has 0 spiro atoms. The number of H-pyrrole nitrogens is 1. The topological polar surface area (TPSA) is 63.7 Å². The Hall–Kier alpha value is -1.61. The number of unbranched alkanes of at least 4 members (excludes halogenated alkanes) is 15. The monoisotopic (exact) mass is 427 g/mol. The number of aromatic amines is 1. The lowest BCUT2D eigenvalue weighted by Crippen LogP contribution is -1.91. The van der Waals surface area contributed by atoms with Crippen LogP contribution in [0.1, 0.15) is 127 Å². The number of hydrogen-bond acceptors (Lipinski definition) is 2. The van der Waals surface area contributed by atoms with Crippen LogP contribution in [0.2, 0.25) is 0 Å². The molecule has 0 aliphatic heterocycles. The largest absolute Gasteiger partial charge is 0.346 e. The van der Waals surface area contributed by atoms with Gasteiger partial charge >= 0.3 is 0 Å². The fraction of sp³-hybridized carbons (Fsp3) is 0.679. The molecule has 0 atom stereocenters. The first kappa shape index (κ1) is 27.4. The number of nitrogens with zero attached hydrogens (tertiary/aromatic N) is 1. The minimum Gasteiger partial charge on any atom is -0.346 e. The highest BCUT2D eigenvalue weighted by molar-refractivity contribution is 5.19. The van der Waals surface area contributed by atoms with Gasteiger partial charge in [0.2, 0.25) is 0 Å². The van der Waals surface area contributed by atoms with Crippen LogP contribution in [0, 0.1) is 0 Å². The number of benzene rings is 1. The van der Waals surface area contributed by atoms with Crippen LogP contribution < -0.4 is 6.15 Å². The zero-order valence-electron chi connectivity index (χ0n) is 20.3. The van der Waals surface area contributed by atoms with Gasteiger partial charge in [0.25, 0.3) is 0 Å². The van der Waals surface area contributed by atoms with Crippen molar-refractivity contribution in [2.45, 2.75) is 122 Å². The molecule has 0 saturated heterocycles. The molecular weight excluding hydrogens is 378 g/mol. The highest BCUT2D eigenvalue weighted by Gasteiger charge is 2.02. The first-order valence-electron chi connectivity index (χ1n) is 12.9. The molecule has 0 bridgehead atoms. The lowest BCUT2D eigenvalue weighted by molar-refractivity contribution is 0.529. The van der Waals surface area contributed by atoms with E-state index in [-0.39, 0.29) is 6.15 Å². The third-order valence-electron chi connectivity index (χ3n) is 6.20. The Kier molecular flexibility index (Phi) is 16.9. The zero-order chi connectivity index (χ0) is 21.1. The van der Waals surface area contributed by atoms with Gasteiger partial charge in [-0.05, 0) is 18.4 Å². The van der Waals surface area contributed by atoms with Crippen LogP contribution in [0.25, 0.3) is 0 Å². The highest BCUT2D eigenvalue weighted by atomic mass is 14.9.